The standard InChI is InChI=1S/C20H20ClN3O3/c1-20(2,27-14-10-8-13(21)9-11-14)19(25)22-18-12-16(23-24-18)15-6-4-5-7-17(15)26-3/h4-12H,1-3H3,(H2,22,23,24,25). The molecule has 0 bridgehead atoms. The first-order valence-corrected chi connectivity index (χ1v) is 8.71. The Bertz CT molecular complexity index is 936. The number of ether oxygens (including phenoxy) is 2. The van der Waals surface area contributed by atoms with Crippen LogP contribution in [0.15, 0.2) is 54.6 Å². The Morgan fingerprint density at radius 2 is 1.85 bits per heavy atom. The maximum absolute atomic E-state index is 12.6. The predicted molar refractivity (Wildman–Crippen MR) is 105 cm³/mol. The minimum absolute atomic E-state index is 0.324. The van der Waals surface area contributed by atoms with Crippen LogP contribution in [0.1, 0.15) is 13.8 Å². The highest BCUT2D eigenvalue weighted by Gasteiger charge is 2.30. The lowest BCUT2D eigenvalue weighted by Crippen LogP contribution is -2.42. The third-order valence-corrected chi connectivity index (χ3v) is 4.20. The summed E-state index contributed by atoms with van der Waals surface area (Å²) in [6, 6.07) is 16.1. The highest BCUT2D eigenvalue weighted by Crippen LogP contribution is 2.29. The average molecular weight is 386 g/mol. The molecular formula is C20H20ClN3O3. The van der Waals surface area contributed by atoms with Crippen molar-refractivity contribution >= 4 is 23.3 Å². The first-order chi connectivity index (χ1) is 12.9. The topological polar surface area (TPSA) is 76.2 Å². The summed E-state index contributed by atoms with van der Waals surface area (Å²) in [5.41, 5.74) is 0.487. The van der Waals surface area contributed by atoms with E-state index in [2.05, 4.69) is 15.5 Å². The zero-order valence-corrected chi connectivity index (χ0v) is 16.0. The molecular weight excluding hydrogens is 366 g/mol. The fraction of sp³-hybridized carbons (Fsp3) is 0.200. The minimum Gasteiger partial charge on any atom is -0.496 e. The quantitative estimate of drug-likeness (QED) is 0.653. The fourth-order valence-corrected chi connectivity index (χ4v) is 2.63. The van der Waals surface area contributed by atoms with Gasteiger partial charge in [-0.3, -0.25) is 9.89 Å². The Morgan fingerprint density at radius 3 is 2.56 bits per heavy atom. The van der Waals surface area contributed by atoms with Crippen LogP contribution in [-0.2, 0) is 4.79 Å². The van der Waals surface area contributed by atoms with Gasteiger partial charge in [-0.25, -0.2) is 0 Å². The average Bonchev–Trinajstić information content (AvgIpc) is 3.11. The Hall–Kier alpha value is -2.99. The molecule has 1 aromatic heterocycles. The van der Waals surface area contributed by atoms with Gasteiger partial charge in [-0.1, -0.05) is 23.7 Å². The zero-order valence-electron chi connectivity index (χ0n) is 15.2. The number of para-hydroxylation sites is 1. The molecule has 3 aromatic rings. The first kappa shape index (κ1) is 18.8. The number of benzene rings is 2. The number of nitrogens with zero attached hydrogens (tertiary/aromatic N) is 1. The molecule has 0 unspecified atom stereocenters. The van der Waals surface area contributed by atoms with Crippen LogP contribution in [-0.4, -0.2) is 28.8 Å². The van der Waals surface area contributed by atoms with Crippen molar-refractivity contribution in [3.05, 3.63) is 59.6 Å². The van der Waals surface area contributed by atoms with Crippen molar-refractivity contribution in [1.82, 2.24) is 10.2 Å². The summed E-state index contributed by atoms with van der Waals surface area (Å²) < 4.78 is 11.1. The third-order valence-electron chi connectivity index (χ3n) is 3.95. The van der Waals surface area contributed by atoms with E-state index in [1.807, 2.05) is 24.3 Å². The van der Waals surface area contributed by atoms with Gasteiger partial charge in [0.1, 0.15) is 11.5 Å². The van der Waals surface area contributed by atoms with Crippen molar-refractivity contribution in [1.29, 1.82) is 0 Å². The number of rotatable bonds is 6. The Morgan fingerprint density at radius 1 is 1.15 bits per heavy atom. The van der Waals surface area contributed by atoms with Crippen LogP contribution in [0, 0.1) is 0 Å². The van der Waals surface area contributed by atoms with Crippen LogP contribution in [0.25, 0.3) is 11.3 Å². The van der Waals surface area contributed by atoms with E-state index in [0.717, 1.165) is 11.3 Å². The second-order valence-corrected chi connectivity index (χ2v) is 6.82. The Balaban J connectivity index is 1.72. The molecule has 2 N–H and O–H groups in total. The predicted octanol–water partition coefficient (Wildman–Crippen LogP) is 4.53. The van der Waals surface area contributed by atoms with Crippen LogP contribution < -0.4 is 14.8 Å². The van der Waals surface area contributed by atoms with Crippen molar-refractivity contribution < 1.29 is 14.3 Å². The molecule has 1 amide bonds. The van der Waals surface area contributed by atoms with Gasteiger partial charge in [0.2, 0.25) is 0 Å². The summed E-state index contributed by atoms with van der Waals surface area (Å²) in [6.07, 6.45) is 0. The molecule has 0 saturated heterocycles. The van der Waals surface area contributed by atoms with Crippen molar-refractivity contribution in [3.8, 4) is 22.8 Å². The molecule has 6 nitrogen and oxygen atoms in total. The van der Waals surface area contributed by atoms with Gasteiger partial charge in [-0.05, 0) is 50.2 Å². The first-order valence-electron chi connectivity index (χ1n) is 8.34. The summed E-state index contributed by atoms with van der Waals surface area (Å²) in [7, 11) is 1.61. The van der Waals surface area contributed by atoms with Gasteiger partial charge < -0.3 is 14.8 Å². The number of methoxy groups -OCH3 is 1. The molecule has 27 heavy (non-hydrogen) atoms. The summed E-state index contributed by atoms with van der Waals surface area (Å²) >= 11 is 5.87. The maximum atomic E-state index is 12.6. The number of halogens is 1. The number of nitrogens with one attached hydrogen (secondary N) is 2. The summed E-state index contributed by atoms with van der Waals surface area (Å²) in [4.78, 5) is 12.6. The third kappa shape index (κ3) is 4.41. The van der Waals surface area contributed by atoms with E-state index >= 15 is 0 Å². The van der Waals surface area contributed by atoms with Gasteiger partial charge in [0, 0.05) is 16.7 Å². The van der Waals surface area contributed by atoms with E-state index in [1.54, 1.807) is 51.3 Å². The van der Waals surface area contributed by atoms with Crippen LogP contribution in [0.5, 0.6) is 11.5 Å². The smallest absolute Gasteiger partial charge is 0.269 e. The number of hydrogen-bond acceptors (Lipinski definition) is 4. The lowest BCUT2D eigenvalue weighted by molar-refractivity contribution is -0.128. The van der Waals surface area contributed by atoms with E-state index in [1.165, 1.54) is 0 Å². The Kier molecular flexibility index (Phi) is 5.37. The van der Waals surface area contributed by atoms with Gasteiger partial charge in [-0.15, -0.1) is 0 Å². The number of anilines is 1. The number of carbonyl (C=O) groups excluding carboxylic acids is 1. The van der Waals surface area contributed by atoms with Crippen molar-refractivity contribution in [2.24, 2.45) is 0 Å². The maximum Gasteiger partial charge on any atom is 0.269 e. The van der Waals surface area contributed by atoms with Crippen LogP contribution >= 0.6 is 11.6 Å². The SMILES string of the molecule is COc1ccccc1-c1cc(NC(=O)C(C)(C)Oc2ccc(Cl)cc2)n[nH]1. The molecule has 0 radical (unpaired) electrons. The lowest BCUT2D eigenvalue weighted by atomic mass is 10.1. The summed E-state index contributed by atoms with van der Waals surface area (Å²) in [5, 5.41) is 10.4. The number of carbonyl (C=O) groups is 1. The molecule has 140 valence electrons. The van der Waals surface area contributed by atoms with Gasteiger partial charge in [-0.2, -0.15) is 5.10 Å². The molecule has 1 heterocycles. The second kappa shape index (κ2) is 7.72. The monoisotopic (exact) mass is 385 g/mol. The second-order valence-electron chi connectivity index (χ2n) is 6.39. The minimum atomic E-state index is -1.10. The number of aromatic nitrogens is 2. The summed E-state index contributed by atoms with van der Waals surface area (Å²) in [5.74, 6) is 1.34. The molecule has 2 aromatic carbocycles. The van der Waals surface area contributed by atoms with E-state index in [-0.39, 0.29) is 5.91 Å². The molecule has 0 spiro atoms. The van der Waals surface area contributed by atoms with Gasteiger partial charge >= 0.3 is 0 Å². The summed E-state index contributed by atoms with van der Waals surface area (Å²) in [6.45, 7) is 3.37. The Labute approximate surface area is 162 Å². The van der Waals surface area contributed by atoms with Crippen molar-refractivity contribution in [3.63, 3.8) is 0 Å². The van der Waals surface area contributed by atoms with Crippen LogP contribution in [0.4, 0.5) is 5.82 Å². The van der Waals surface area contributed by atoms with E-state index < -0.39 is 5.60 Å². The molecule has 0 aliphatic carbocycles. The van der Waals surface area contributed by atoms with E-state index in [4.69, 9.17) is 21.1 Å². The van der Waals surface area contributed by atoms with Gasteiger partial charge in [0.05, 0.1) is 12.8 Å². The van der Waals surface area contributed by atoms with Crippen LogP contribution in [0.3, 0.4) is 0 Å². The van der Waals surface area contributed by atoms with E-state index in [9.17, 15) is 4.79 Å². The molecule has 0 fully saturated rings. The molecule has 0 aliphatic rings. The zero-order chi connectivity index (χ0) is 19.4. The number of H-pyrrole nitrogens is 1. The lowest BCUT2D eigenvalue weighted by Gasteiger charge is -2.24. The molecule has 3 rings (SSSR count). The van der Waals surface area contributed by atoms with Crippen molar-refractivity contribution in [2.75, 3.05) is 12.4 Å². The molecule has 0 saturated carbocycles. The van der Waals surface area contributed by atoms with Crippen molar-refractivity contribution in [2.45, 2.75) is 19.4 Å². The normalized spacial score (nSPS) is 11.1. The van der Waals surface area contributed by atoms with Gasteiger partial charge in [0.25, 0.3) is 5.91 Å². The van der Waals surface area contributed by atoms with Crippen LogP contribution in [0.2, 0.25) is 5.02 Å². The largest absolute Gasteiger partial charge is 0.496 e. The molecule has 0 atom stereocenters. The van der Waals surface area contributed by atoms with E-state index in [0.29, 0.717) is 22.3 Å². The molecule has 0 aliphatic heterocycles. The number of hydrogen-bond donors (Lipinski definition) is 2. The number of amides is 1. The van der Waals surface area contributed by atoms with Gasteiger partial charge in [0.15, 0.2) is 11.4 Å². The fourth-order valence-electron chi connectivity index (χ4n) is 2.50. The molecule has 7 heteroatoms. The number of aromatic amines is 1. The highest BCUT2D eigenvalue weighted by atomic mass is 35.5. The highest BCUT2D eigenvalue weighted by molar-refractivity contribution is 6.30.